The number of hydrogen-bond acceptors (Lipinski definition) is 1. The summed E-state index contributed by atoms with van der Waals surface area (Å²) in [6.07, 6.45) is 3.94. The molecule has 3 heteroatoms. The molecule has 0 heterocycles. The summed E-state index contributed by atoms with van der Waals surface area (Å²) in [5.41, 5.74) is -0.331. The summed E-state index contributed by atoms with van der Waals surface area (Å²) in [6.45, 7) is 14.6. The lowest BCUT2D eigenvalue weighted by molar-refractivity contribution is 0.340. The Morgan fingerprint density at radius 2 is 1.74 bits per heavy atom. The molecule has 0 aliphatic heterocycles. The molecule has 1 N–H and O–H groups in total. The van der Waals surface area contributed by atoms with Gasteiger partial charge in [0.1, 0.15) is 0 Å². The third-order valence-electron chi connectivity index (χ3n) is 3.15. The van der Waals surface area contributed by atoms with Gasteiger partial charge in [0.15, 0.2) is 0 Å². The van der Waals surface area contributed by atoms with Crippen molar-refractivity contribution in [1.29, 1.82) is 0 Å². The van der Waals surface area contributed by atoms with E-state index in [4.69, 9.17) is 0 Å². The predicted molar refractivity (Wildman–Crippen MR) is 86.2 cm³/mol. The van der Waals surface area contributed by atoms with Crippen LogP contribution in [-0.4, -0.2) is 14.5 Å². The lowest BCUT2D eigenvalue weighted by Crippen LogP contribution is -2.52. The molecule has 0 aromatic carbocycles. The van der Waals surface area contributed by atoms with Crippen molar-refractivity contribution in [2.75, 3.05) is 0 Å². The Bertz CT molecular complexity index is 346. The molecule has 19 heavy (non-hydrogen) atoms. The first-order valence-electron chi connectivity index (χ1n) is 7.39. The van der Waals surface area contributed by atoms with Gasteiger partial charge in [0.2, 0.25) is 0 Å². The Morgan fingerprint density at radius 1 is 1.16 bits per heavy atom. The van der Waals surface area contributed by atoms with E-state index in [9.17, 15) is 4.21 Å². The van der Waals surface area contributed by atoms with E-state index in [1.807, 2.05) is 20.8 Å². The quantitative estimate of drug-likeness (QED) is 0.733. The largest absolute Gasteiger partial charge is 0.242 e. The molecule has 0 unspecified atom stereocenters. The molecular weight excluding hydrogens is 254 g/mol. The summed E-state index contributed by atoms with van der Waals surface area (Å²) in [6, 6.07) is 0. The molecule has 112 valence electrons. The minimum atomic E-state index is -1.09. The van der Waals surface area contributed by atoms with Crippen LogP contribution in [0.1, 0.15) is 74.1 Å². The fourth-order valence-corrected chi connectivity index (χ4v) is 2.77. The van der Waals surface area contributed by atoms with Gasteiger partial charge in [0.25, 0.3) is 0 Å². The molecule has 0 saturated carbocycles. The van der Waals surface area contributed by atoms with Gasteiger partial charge in [0.05, 0.1) is 21.3 Å². The van der Waals surface area contributed by atoms with Crippen LogP contribution in [-0.2, 0) is 11.0 Å². The summed E-state index contributed by atoms with van der Waals surface area (Å²) < 4.78 is 15.5. The summed E-state index contributed by atoms with van der Waals surface area (Å²) in [5.74, 6) is 6.97. The van der Waals surface area contributed by atoms with Crippen molar-refractivity contribution < 1.29 is 4.21 Å². The highest BCUT2D eigenvalue weighted by molar-refractivity contribution is 7.84. The van der Waals surface area contributed by atoms with E-state index in [1.165, 1.54) is 0 Å². The second kappa shape index (κ2) is 8.07. The highest BCUT2D eigenvalue weighted by Gasteiger charge is 2.35. The highest BCUT2D eigenvalue weighted by Crippen LogP contribution is 2.25. The van der Waals surface area contributed by atoms with Crippen LogP contribution in [0, 0.1) is 17.8 Å². The lowest BCUT2D eigenvalue weighted by atomic mass is 9.84. The monoisotopic (exact) mass is 285 g/mol. The van der Waals surface area contributed by atoms with Gasteiger partial charge in [-0.2, -0.15) is 0 Å². The lowest BCUT2D eigenvalue weighted by Gasteiger charge is -2.35. The van der Waals surface area contributed by atoms with Crippen LogP contribution in [0.4, 0.5) is 0 Å². The van der Waals surface area contributed by atoms with Gasteiger partial charge < -0.3 is 0 Å². The number of unbranched alkanes of at least 4 members (excludes halogenated alkanes) is 1. The van der Waals surface area contributed by atoms with Crippen LogP contribution in [0.5, 0.6) is 0 Å². The number of nitrogens with one attached hydrogen (secondary N) is 1. The van der Waals surface area contributed by atoms with Crippen LogP contribution >= 0.6 is 0 Å². The zero-order chi connectivity index (χ0) is 15.1. The first kappa shape index (κ1) is 18.7. The van der Waals surface area contributed by atoms with Gasteiger partial charge in [-0.05, 0) is 39.5 Å². The van der Waals surface area contributed by atoms with Crippen molar-refractivity contribution in [3.8, 4) is 11.8 Å². The molecular formula is C16H31NOS. The topological polar surface area (TPSA) is 29.1 Å². The van der Waals surface area contributed by atoms with Gasteiger partial charge >= 0.3 is 0 Å². The van der Waals surface area contributed by atoms with E-state index < -0.39 is 11.0 Å². The molecule has 0 aliphatic rings. The van der Waals surface area contributed by atoms with Gasteiger partial charge in [-0.1, -0.05) is 40.0 Å². The van der Waals surface area contributed by atoms with Crippen molar-refractivity contribution in [1.82, 2.24) is 4.72 Å². The van der Waals surface area contributed by atoms with Gasteiger partial charge in [0, 0.05) is 6.42 Å². The van der Waals surface area contributed by atoms with Crippen LogP contribution in [0.3, 0.4) is 0 Å². The van der Waals surface area contributed by atoms with Crippen molar-refractivity contribution in [3.05, 3.63) is 0 Å². The van der Waals surface area contributed by atoms with Crippen molar-refractivity contribution >= 4 is 11.0 Å². The van der Waals surface area contributed by atoms with Crippen LogP contribution in [0.15, 0.2) is 0 Å². The highest BCUT2D eigenvalue weighted by atomic mass is 32.2. The average Bonchev–Trinajstić information content (AvgIpc) is 2.27. The minimum Gasteiger partial charge on any atom is -0.242 e. The van der Waals surface area contributed by atoms with E-state index in [2.05, 4.69) is 44.3 Å². The first-order valence-corrected chi connectivity index (χ1v) is 8.54. The molecule has 0 spiro atoms. The maximum atomic E-state index is 12.4. The maximum absolute atomic E-state index is 12.4. The van der Waals surface area contributed by atoms with Crippen molar-refractivity contribution in [3.63, 3.8) is 0 Å². The summed E-state index contributed by atoms with van der Waals surface area (Å²) >= 11 is 0. The average molecular weight is 285 g/mol. The van der Waals surface area contributed by atoms with Crippen LogP contribution < -0.4 is 4.72 Å². The zero-order valence-corrected chi connectivity index (χ0v) is 14.5. The van der Waals surface area contributed by atoms with E-state index >= 15 is 0 Å². The van der Waals surface area contributed by atoms with Gasteiger partial charge in [-0.25, -0.2) is 8.93 Å². The second-order valence-electron chi connectivity index (χ2n) is 6.41. The van der Waals surface area contributed by atoms with E-state index in [0.29, 0.717) is 5.92 Å². The number of hydrogen-bond donors (Lipinski definition) is 1. The molecule has 2 nitrogen and oxygen atoms in total. The number of rotatable bonds is 6. The Labute approximate surface area is 122 Å². The van der Waals surface area contributed by atoms with Crippen molar-refractivity contribution in [2.45, 2.75) is 84.4 Å². The molecule has 0 fully saturated rings. The summed E-state index contributed by atoms with van der Waals surface area (Å²) in [5, 5.41) is 0. The Hall–Kier alpha value is -0.330. The van der Waals surface area contributed by atoms with E-state index in [0.717, 1.165) is 25.7 Å². The minimum absolute atomic E-state index is 0.264. The second-order valence-corrected chi connectivity index (χ2v) is 8.38. The standard InChI is InChI=1S/C16H31NOS/c1-8-10-11-13-16(12-9-2,14(3)4)17-19(18)15(5,6)7/h14,17H,8-10,12H2,1-7H3/t16-,19+/m0/s1. The normalized spacial score (nSPS) is 16.6. The third kappa shape index (κ3) is 6.10. The van der Waals surface area contributed by atoms with Gasteiger partial charge in [-0.3, -0.25) is 0 Å². The maximum Gasteiger partial charge on any atom is 0.0983 e. The SMILES string of the molecule is CCCC#C[C@](CCC)(N[S@](=O)C(C)(C)C)C(C)C. The van der Waals surface area contributed by atoms with Crippen molar-refractivity contribution in [2.24, 2.45) is 5.92 Å². The zero-order valence-electron chi connectivity index (χ0n) is 13.7. The molecule has 0 aromatic heterocycles. The Morgan fingerprint density at radius 3 is 2.11 bits per heavy atom. The van der Waals surface area contributed by atoms with Gasteiger partial charge in [-0.15, -0.1) is 5.92 Å². The molecule has 0 saturated heterocycles. The Kier molecular flexibility index (Phi) is 7.93. The molecule has 0 aromatic rings. The smallest absolute Gasteiger partial charge is 0.0983 e. The van der Waals surface area contributed by atoms with E-state index in [-0.39, 0.29) is 10.3 Å². The fraction of sp³-hybridized carbons (Fsp3) is 0.875. The van der Waals surface area contributed by atoms with Crippen LogP contribution in [0.25, 0.3) is 0 Å². The molecule has 0 rings (SSSR count). The molecule has 0 aliphatic carbocycles. The predicted octanol–water partition coefficient (Wildman–Crippen LogP) is 4.04. The molecule has 0 radical (unpaired) electrons. The molecule has 2 atom stereocenters. The molecule has 0 amide bonds. The molecule has 0 bridgehead atoms. The van der Waals surface area contributed by atoms with E-state index in [1.54, 1.807) is 0 Å². The third-order valence-corrected chi connectivity index (χ3v) is 4.81. The Balaban J connectivity index is 5.25. The first-order chi connectivity index (χ1) is 8.69. The summed E-state index contributed by atoms with van der Waals surface area (Å²) in [7, 11) is -1.09. The summed E-state index contributed by atoms with van der Waals surface area (Å²) in [4.78, 5) is 0. The fourth-order valence-electron chi connectivity index (χ4n) is 1.75. The van der Waals surface area contributed by atoms with Crippen LogP contribution in [0.2, 0.25) is 0 Å².